The average Bonchev–Trinajstić information content (AvgIpc) is 3.03. The lowest BCUT2D eigenvalue weighted by Crippen LogP contribution is -2.42. The molecule has 0 saturated carbocycles. The molecule has 1 amide bonds. The van der Waals surface area contributed by atoms with Crippen molar-refractivity contribution in [2.24, 2.45) is 7.05 Å². The van der Waals surface area contributed by atoms with Crippen LogP contribution in [0.25, 0.3) is 0 Å². The minimum absolute atomic E-state index is 0.0569. The van der Waals surface area contributed by atoms with Gasteiger partial charge in [-0.25, -0.2) is 0 Å². The largest absolute Gasteiger partial charge is 0.435 e. The third kappa shape index (κ3) is 3.56. The molecule has 2 saturated heterocycles. The molecule has 134 valence electrons. The van der Waals surface area contributed by atoms with Crippen LogP contribution in [-0.2, 0) is 22.8 Å². The van der Waals surface area contributed by atoms with Gasteiger partial charge in [-0.3, -0.25) is 9.48 Å². The number of ether oxygens (including phenoxy) is 1. The number of rotatable bonds is 3. The Morgan fingerprint density at radius 3 is 2.83 bits per heavy atom. The van der Waals surface area contributed by atoms with Crippen LogP contribution < -0.4 is 10.6 Å². The highest BCUT2D eigenvalue weighted by Crippen LogP contribution is 2.39. The van der Waals surface area contributed by atoms with E-state index in [4.69, 9.17) is 4.74 Å². The molecule has 6 nitrogen and oxygen atoms in total. The van der Waals surface area contributed by atoms with Gasteiger partial charge in [0.15, 0.2) is 5.69 Å². The molecule has 2 aliphatic rings. The van der Waals surface area contributed by atoms with E-state index in [-0.39, 0.29) is 23.8 Å². The molecule has 2 aliphatic heterocycles. The van der Waals surface area contributed by atoms with Gasteiger partial charge >= 0.3 is 6.18 Å². The third-order valence-corrected chi connectivity index (χ3v) is 4.75. The number of carbonyl (C=O) groups is 1. The van der Waals surface area contributed by atoms with Crippen molar-refractivity contribution in [3.8, 4) is 0 Å². The summed E-state index contributed by atoms with van der Waals surface area (Å²) in [5, 5.41) is 9.17. The zero-order chi connectivity index (χ0) is 17.4. The second-order valence-electron chi connectivity index (χ2n) is 6.49. The van der Waals surface area contributed by atoms with Crippen molar-refractivity contribution in [3.05, 3.63) is 11.9 Å². The van der Waals surface area contributed by atoms with Gasteiger partial charge in [0, 0.05) is 7.05 Å². The predicted molar refractivity (Wildman–Crippen MR) is 80.4 cm³/mol. The molecule has 1 atom stereocenters. The number of hydrogen-bond acceptors (Lipinski definition) is 4. The predicted octanol–water partition coefficient (Wildman–Crippen LogP) is 2.07. The fraction of sp³-hybridized carbons (Fsp3) is 0.733. The van der Waals surface area contributed by atoms with Crippen LogP contribution in [-0.4, -0.2) is 40.5 Å². The average molecular weight is 346 g/mol. The lowest BCUT2D eigenvalue weighted by atomic mass is 9.89. The van der Waals surface area contributed by atoms with Crippen LogP contribution >= 0.6 is 0 Å². The van der Waals surface area contributed by atoms with E-state index in [9.17, 15) is 18.0 Å². The van der Waals surface area contributed by atoms with E-state index in [1.807, 2.05) is 0 Å². The Bertz CT molecular complexity index is 608. The molecule has 0 radical (unpaired) electrons. The van der Waals surface area contributed by atoms with Gasteiger partial charge in [0.05, 0.1) is 30.0 Å². The standard InChI is InChI=1S/C15H21F3N4O2/c1-22-13(15(16,17)18)11(9-20-22)21-12(23)8-10-2-3-14(24-10)4-6-19-7-5-14/h9-10,19H,2-8H2,1H3,(H,21,23). The van der Waals surface area contributed by atoms with Gasteiger partial charge in [0.25, 0.3) is 0 Å². The minimum atomic E-state index is -4.57. The Hall–Kier alpha value is -1.61. The number of alkyl halides is 3. The maximum absolute atomic E-state index is 13.0. The smallest absolute Gasteiger partial charge is 0.371 e. The number of amides is 1. The van der Waals surface area contributed by atoms with Crippen molar-refractivity contribution >= 4 is 11.6 Å². The van der Waals surface area contributed by atoms with Crippen LogP contribution in [0.3, 0.4) is 0 Å². The number of nitrogens with one attached hydrogen (secondary N) is 2. The summed E-state index contributed by atoms with van der Waals surface area (Å²) in [4.78, 5) is 12.1. The lowest BCUT2D eigenvalue weighted by molar-refractivity contribution is -0.143. The van der Waals surface area contributed by atoms with Crippen molar-refractivity contribution < 1.29 is 22.7 Å². The zero-order valence-corrected chi connectivity index (χ0v) is 13.4. The second kappa shape index (κ2) is 6.36. The van der Waals surface area contributed by atoms with E-state index in [0.717, 1.165) is 45.0 Å². The van der Waals surface area contributed by atoms with Crippen molar-refractivity contribution in [3.63, 3.8) is 0 Å². The van der Waals surface area contributed by atoms with E-state index in [0.29, 0.717) is 4.68 Å². The van der Waals surface area contributed by atoms with Crippen molar-refractivity contribution in [2.75, 3.05) is 18.4 Å². The Morgan fingerprint density at radius 2 is 2.17 bits per heavy atom. The monoisotopic (exact) mass is 346 g/mol. The van der Waals surface area contributed by atoms with Gasteiger partial charge in [-0.05, 0) is 38.8 Å². The number of halogens is 3. The van der Waals surface area contributed by atoms with Crippen molar-refractivity contribution in [1.29, 1.82) is 0 Å². The van der Waals surface area contributed by atoms with E-state index < -0.39 is 17.8 Å². The Kier molecular flexibility index (Phi) is 4.56. The van der Waals surface area contributed by atoms with Gasteiger partial charge in [-0.15, -0.1) is 0 Å². The summed E-state index contributed by atoms with van der Waals surface area (Å²) >= 11 is 0. The second-order valence-corrected chi connectivity index (χ2v) is 6.49. The van der Waals surface area contributed by atoms with Crippen LogP contribution in [0.2, 0.25) is 0 Å². The quantitative estimate of drug-likeness (QED) is 0.879. The van der Waals surface area contributed by atoms with Crippen LogP contribution in [0.5, 0.6) is 0 Å². The highest BCUT2D eigenvalue weighted by Gasteiger charge is 2.42. The van der Waals surface area contributed by atoms with Gasteiger partial charge in [-0.1, -0.05) is 0 Å². The molecule has 3 rings (SSSR count). The first-order valence-electron chi connectivity index (χ1n) is 8.07. The molecular formula is C15H21F3N4O2. The first kappa shape index (κ1) is 17.2. The first-order chi connectivity index (χ1) is 11.3. The molecule has 1 aromatic rings. The number of aromatic nitrogens is 2. The zero-order valence-electron chi connectivity index (χ0n) is 13.4. The lowest BCUT2D eigenvalue weighted by Gasteiger charge is -2.33. The van der Waals surface area contributed by atoms with Crippen LogP contribution in [0.4, 0.5) is 18.9 Å². The van der Waals surface area contributed by atoms with E-state index in [2.05, 4.69) is 15.7 Å². The Morgan fingerprint density at radius 1 is 1.46 bits per heavy atom. The maximum atomic E-state index is 13.0. The normalized spacial score (nSPS) is 23.6. The fourth-order valence-electron chi connectivity index (χ4n) is 3.56. The summed E-state index contributed by atoms with van der Waals surface area (Å²) in [5.74, 6) is -0.482. The third-order valence-electron chi connectivity index (χ3n) is 4.75. The number of aryl methyl sites for hydroxylation is 1. The van der Waals surface area contributed by atoms with Crippen molar-refractivity contribution in [1.82, 2.24) is 15.1 Å². The summed E-state index contributed by atoms with van der Waals surface area (Å²) in [5.41, 5.74) is -1.44. The molecule has 0 aliphatic carbocycles. The molecule has 2 fully saturated rings. The SMILES string of the molecule is Cn1ncc(NC(=O)CC2CCC3(CCNCC3)O2)c1C(F)(F)F. The minimum Gasteiger partial charge on any atom is -0.371 e. The number of piperidine rings is 1. The summed E-state index contributed by atoms with van der Waals surface area (Å²) in [7, 11) is 1.19. The first-order valence-corrected chi connectivity index (χ1v) is 8.07. The van der Waals surface area contributed by atoms with Gasteiger partial charge in [-0.2, -0.15) is 18.3 Å². The van der Waals surface area contributed by atoms with Crippen molar-refractivity contribution in [2.45, 2.75) is 50.0 Å². The molecule has 1 unspecified atom stereocenters. The Balaban J connectivity index is 1.59. The topological polar surface area (TPSA) is 68.2 Å². The molecule has 0 aromatic carbocycles. The number of hydrogen-bond donors (Lipinski definition) is 2. The molecule has 0 bridgehead atoms. The summed E-state index contributed by atoms with van der Waals surface area (Å²) in [6, 6.07) is 0. The van der Waals surface area contributed by atoms with Gasteiger partial charge in [0.2, 0.25) is 5.91 Å². The number of nitrogens with zero attached hydrogens (tertiary/aromatic N) is 2. The summed E-state index contributed by atoms with van der Waals surface area (Å²) in [6.07, 6.45) is -0.269. The summed E-state index contributed by atoms with van der Waals surface area (Å²) in [6.45, 7) is 1.78. The number of anilines is 1. The van der Waals surface area contributed by atoms with Crippen LogP contribution in [0, 0.1) is 0 Å². The van der Waals surface area contributed by atoms with E-state index in [1.165, 1.54) is 7.05 Å². The van der Waals surface area contributed by atoms with E-state index in [1.54, 1.807) is 0 Å². The highest BCUT2D eigenvalue weighted by molar-refractivity contribution is 5.91. The molecule has 24 heavy (non-hydrogen) atoms. The highest BCUT2D eigenvalue weighted by atomic mass is 19.4. The molecule has 1 spiro atoms. The Labute approximate surface area is 137 Å². The number of carbonyl (C=O) groups excluding carboxylic acids is 1. The molecule has 9 heteroatoms. The van der Waals surface area contributed by atoms with Gasteiger partial charge < -0.3 is 15.4 Å². The van der Waals surface area contributed by atoms with E-state index >= 15 is 0 Å². The molecule has 3 heterocycles. The van der Waals surface area contributed by atoms with Crippen LogP contribution in [0.15, 0.2) is 6.20 Å². The van der Waals surface area contributed by atoms with Gasteiger partial charge in [0.1, 0.15) is 0 Å². The summed E-state index contributed by atoms with van der Waals surface area (Å²) < 4.78 is 45.8. The fourth-order valence-corrected chi connectivity index (χ4v) is 3.56. The molecular weight excluding hydrogens is 325 g/mol. The molecule has 1 aromatic heterocycles. The molecule has 2 N–H and O–H groups in total. The maximum Gasteiger partial charge on any atom is 0.435 e. The van der Waals surface area contributed by atoms with Crippen LogP contribution in [0.1, 0.15) is 37.8 Å².